The molecule has 1 unspecified atom stereocenters. The number of H-pyrrole nitrogens is 1. The highest BCUT2D eigenvalue weighted by Gasteiger charge is 2.31. The van der Waals surface area contributed by atoms with Crippen molar-refractivity contribution in [1.29, 1.82) is 0 Å². The van der Waals surface area contributed by atoms with Crippen LogP contribution in [0.2, 0.25) is 0 Å². The van der Waals surface area contributed by atoms with Crippen molar-refractivity contribution < 1.29 is 9.32 Å². The minimum Gasteiger partial charge on any atom is -0.359 e. The van der Waals surface area contributed by atoms with Crippen LogP contribution in [0.25, 0.3) is 11.0 Å². The summed E-state index contributed by atoms with van der Waals surface area (Å²) in [6.45, 7) is 4.53. The summed E-state index contributed by atoms with van der Waals surface area (Å²) in [6.07, 6.45) is 3.66. The molecule has 26 heavy (non-hydrogen) atoms. The number of para-hydroxylation sites is 2. The molecule has 7 heteroatoms. The highest BCUT2D eigenvalue weighted by molar-refractivity contribution is 5.90. The number of piperidine rings is 1. The molecule has 0 radical (unpaired) electrons. The minimum atomic E-state index is -0.129. The molecule has 1 fully saturated rings. The summed E-state index contributed by atoms with van der Waals surface area (Å²) in [5.41, 5.74) is 3.31. The number of amides is 2. The Labute approximate surface area is 151 Å². The Morgan fingerprint density at radius 3 is 3.04 bits per heavy atom. The van der Waals surface area contributed by atoms with Crippen LogP contribution in [-0.4, -0.2) is 32.6 Å². The fourth-order valence-corrected chi connectivity index (χ4v) is 3.59. The van der Waals surface area contributed by atoms with Gasteiger partial charge in [0.2, 0.25) is 0 Å². The van der Waals surface area contributed by atoms with E-state index in [2.05, 4.69) is 15.5 Å². The predicted octanol–water partition coefficient (Wildman–Crippen LogP) is 4.18. The van der Waals surface area contributed by atoms with E-state index >= 15 is 0 Å². The summed E-state index contributed by atoms with van der Waals surface area (Å²) in [5.74, 6) is 1.55. The predicted molar refractivity (Wildman–Crippen MR) is 99.0 cm³/mol. The number of aryl methyl sites for hydroxylation is 2. The SMILES string of the molecule is CCc1onc(C)c1NC(=O)N1CCCCC1c1nc2ccccc2[nH]1. The lowest BCUT2D eigenvalue weighted by molar-refractivity contribution is 0.160. The Morgan fingerprint density at radius 1 is 1.38 bits per heavy atom. The van der Waals surface area contributed by atoms with E-state index < -0.39 is 0 Å². The largest absolute Gasteiger partial charge is 0.359 e. The van der Waals surface area contributed by atoms with Crippen molar-refractivity contribution in [1.82, 2.24) is 20.0 Å². The van der Waals surface area contributed by atoms with E-state index in [0.717, 1.165) is 36.1 Å². The van der Waals surface area contributed by atoms with Crippen molar-refractivity contribution in [3.05, 3.63) is 41.5 Å². The van der Waals surface area contributed by atoms with Crippen molar-refractivity contribution in [3.63, 3.8) is 0 Å². The smallest absolute Gasteiger partial charge is 0.322 e. The number of anilines is 1. The fourth-order valence-electron chi connectivity index (χ4n) is 3.59. The zero-order valence-corrected chi connectivity index (χ0v) is 15.1. The summed E-state index contributed by atoms with van der Waals surface area (Å²) < 4.78 is 5.28. The zero-order valence-electron chi connectivity index (χ0n) is 15.1. The van der Waals surface area contributed by atoms with Crippen molar-refractivity contribution in [2.75, 3.05) is 11.9 Å². The third-order valence-corrected chi connectivity index (χ3v) is 4.97. The Hall–Kier alpha value is -2.83. The molecular weight excluding hydrogens is 330 g/mol. The van der Waals surface area contributed by atoms with E-state index in [0.29, 0.717) is 30.1 Å². The van der Waals surface area contributed by atoms with Crippen LogP contribution >= 0.6 is 0 Å². The van der Waals surface area contributed by atoms with Crippen molar-refractivity contribution in [3.8, 4) is 0 Å². The van der Waals surface area contributed by atoms with Crippen molar-refractivity contribution in [2.45, 2.75) is 45.6 Å². The molecule has 1 atom stereocenters. The van der Waals surface area contributed by atoms with Gasteiger partial charge in [0.25, 0.3) is 0 Å². The van der Waals surface area contributed by atoms with E-state index in [-0.39, 0.29) is 12.1 Å². The van der Waals surface area contributed by atoms with Gasteiger partial charge in [0.15, 0.2) is 5.76 Å². The van der Waals surface area contributed by atoms with Crippen molar-refractivity contribution >= 4 is 22.8 Å². The van der Waals surface area contributed by atoms with Gasteiger partial charge in [-0.3, -0.25) is 0 Å². The van der Waals surface area contributed by atoms with Crippen LogP contribution in [0.3, 0.4) is 0 Å². The Bertz CT molecular complexity index is 896. The number of nitrogens with one attached hydrogen (secondary N) is 2. The molecule has 136 valence electrons. The standard InChI is InChI=1S/C19H23N5O2/c1-3-16-17(12(2)23-26-16)22-19(25)24-11-7-6-10-15(24)18-20-13-8-4-5-9-14(13)21-18/h4-5,8-9,15H,3,6-7,10-11H2,1-2H3,(H,20,21)(H,22,25). The molecule has 1 aromatic carbocycles. The number of carbonyl (C=O) groups is 1. The number of urea groups is 1. The molecule has 3 heterocycles. The second-order valence-electron chi connectivity index (χ2n) is 6.69. The highest BCUT2D eigenvalue weighted by Crippen LogP contribution is 2.31. The Morgan fingerprint density at radius 2 is 2.23 bits per heavy atom. The van der Waals surface area contributed by atoms with Gasteiger partial charge in [-0.2, -0.15) is 0 Å². The average molecular weight is 353 g/mol. The molecule has 1 aliphatic rings. The zero-order chi connectivity index (χ0) is 18.1. The number of imidazole rings is 1. The summed E-state index contributed by atoms with van der Waals surface area (Å²) in [6, 6.07) is 7.76. The summed E-state index contributed by atoms with van der Waals surface area (Å²) in [7, 11) is 0. The normalized spacial score (nSPS) is 17.6. The number of hydrogen-bond donors (Lipinski definition) is 2. The molecule has 0 spiro atoms. The van der Waals surface area contributed by atoms with E-state index in [1.54, 1.807) is 0 Å². The van der Waals surface area contributed by atoms with Gasteiger partial charge >= 0.3 is 6.03 Å². The number of aromatic amines is 1. The third-order valence-electron chi connectivity index (χ3n) is 4.97. The molecule has 0 bridgehead atoms. The number of likely N-dealkylation sites (tertiary alicyclic amines) is 1. The molecule has 1 aliphatic heterocycles. The number of hydrogen-bond acceptors (Lipinski definition) is 4. The maximum Gasteiger partial charge on any atom is 0.322 e. The number of benzene rings is 1. The van der Waals surface area contributed by atoms with E-state index in [1.807, 2.05) is 43.0 Å². The highest BCUT2D eigenvalue weighted by atomic mass is 16.5. The van der Waals surface area contributed by atoms with Crippen molar-refractivity contribution in [2.24, 2.45) is 0 Å². The van der Waals surface area contributed by atoms with Gasteiger partial charge in [0.05, 0.1) is 17.1 Å². The van der Waals surface area contributed by atoms with Gasteiger partial charge < -0.3 is 19.7 Å². The average Bonchev–Trinajstić information content (AvgIpc) is 3.25. The lowest BCUT2D eigenvalue weighted by Crippen LogP contribution is -2.41. The van der Waals surface area contributed by atoms with Gasteiger partial charge in [0.1, 0.15) is 17.2 Å². The first kappa shape index (κ1) is 16.6. The first-order valence-electron chi connectivity index (χ1n) is 9.14. The Kier molecular flexibility index (Phi) is 4.36. The first-order valence-corrected chi connectivity index (χ1v) is 9.14. The summed E-state index contributed by atoms with van der Waals surface area (Å²) >= 11 is 0. The molecule has 4 rings (SSSR count). The maximum absolute atomic E-state index is 13.0. The number of fused-ring (bicyclic) bond motifs is 1. The van der Waals surface area contributed by atoms with Crippen LogP contribution in [0.15, 0.2) is 28.8 Å². The monoisotopic (exact) mass is 353 g/mol. The second-order valence-corrected chi connectivity index (χ2v) is 6.69. The van der Waals surface area contributed by atoms with Gasteiger partial charge in [0, 0.05) is 13.0 Å². The number of aromatic nitrogens is 3. The molecule has 0 aliphatic carbocycles. The van der Waals surface area contributed by atoms with E-state index in [9.17, 15) is 4.79 Å². The van der Waals surface area contributed by atoms with Crippen LogP contribution in [0, 0.1) is 6.92 Å². The molecule has 2 aromatic heterocycles. The maximum atomic E-state index is 13.0. The van der Waals surface area contributed by atoms with Gasteiger partial charge in [-0.05, 0) is 38.3 Å². The minimum absolute atomic E-state index is 0.0543. The second kappa shape index (κ2) is 6.82. The number of nitrogens with zero attached hydrogens (tertiary/aromatic N) is 3. The third kappa shape index (κ3) is 2.94. The van der Waals surface area contributed by atoms with Crippen LogP contribution < -0.4 is 5.32 Å². The number of rotatable bonds is 3. The topological polar surface area (TPSA) is 87.1 Å². The molecular formula is C19H23N5O2. The molecule has 7 nitrogen and oxygen atoms in total. The lowest BCUT2D eigenvalue weighted by Gasteiger charge is -2.34. The van der Waals surface area contributed by atoms with E-state index in [1.165, 1.54) is 0 Å². The van der Waals surface area contributed by atoms with Crippen LogP contribution in [0.1, 0.15) is 49.5 Å². The summed E-state index contributed by atoms with van der Waals surface area (Å²) in [4.78, 5) is 22.9. The van der Waals surface area contributed by atoms with Crippen LogP contribution in [0.5, 0.6) is 0 Å². The fraction of sp³-hybridized carbons (Fsp3) is 0.421. The molecule has 2 amide bonds. The lowest BCUT2D eigenvalue weighted by atomic mass is 10.0. The van der Waals surface area contributed by atoms with Crippen LogP contribution in [0.4, 0.5) is 10.5 Å². The first-order chi connectivity index (χ1) is 12.7. The Balaban J connectivity index is 1.60. The number of carbonyl (C=O) groups excluding carboxylic acids is 1. The molecule has 3 aromatic rings. The molecule has 0 saturated carbocycles. The molecule has 2 N–H and O–H groups in total. The van der Waals surface area contributed by atoms with E-state index in [4.69, 9.17) is 9.51 Å². The van der Waals surface area contributed by atoms with Gasteiger partial charge in [-0.25, -0.2) is 9.78 Å². The molecule has 1 saturated heterocycles. The van der Waals surface area contributed by atoms with Crippen LogP contribution in [-0.2, 0) is 6.42 Å². The van der Waals surface area contributed by atoms with Gasteiger partial charge in [-0.15, -0.1) is 0 Å². The van der Waals surface area contributed by atoms with Gasteiger partial charge in [-0.1, -0.05) is 24.2 Å². The quantitative estimate of drug-likeness (QED) is 0.739. The summed E-state index contributed by atoms with van der Waals surface area (Å²) in [5, 5.41) is 6.97.